The quantitative estimate of drug-likeness (QED) is 0.620. The topological polar surface area (TPSA) is 87.2 Å². The Labute approximate surface area is 108 Å². The average molecular weight is 269 g/mol. The molecule has 0 aliphatic heterocycles. The van der Waals surface area contributed by atoms with Crippen molar-refractivity contribution in [3.05, 3.63) is 35.4 Å². The fourth-order valence-corrected chi connectivity index (χ4v) is 2.59. The molecule has 3 N–H and O–H groups in total. The Morgan fingerprint density at radius 1 is 1.44 bits per heavy atom. The summed E-state index contributed by atoms with van der Waals surface area (Å²) >= 11 is 0. The molecule has 0 heterocycles. The van der Waals surface area contributed by atoms with Crippen LogP contribution in [0.2, 0.25) is 0 Å². The molecule has 1 aromatic carbocycles. The van der Waals surface area contributed by atoms with Crippen LogP contribution < -0.4 is 5.73 Å². The van der Waals surface area contributed by atoms with E-state index in [1.807, 2.05) is 6.07 Å². The highest BCUT2D eigenvalue weighted by Crippen LogP contribution is 2.12. The second-order valence-electron chi connectivity index (χ2n) is 4.46. The average Bonchev–Trinajstić information content (AvgIpc) is 2.28. The van der Waals surface area contributed by atoms with E-state index in [1.165, 1.54) is 4.31 Å². The van der Waals surface area contributed by atoms with Crippen LogP contribution in [-0.2, 0) is 16.6 Å². The molecule has 1 rings (SSSR count). The van der Waals surface area contributed by atoms with Gasteiger partial charge in [-0.05, 0) is 25.5 Å². The second-order valence-corrected chi connectivity index (χ2v) is 7.06. The van der Waals surface area contributed by atoms with Crippen molar-refractivity contribution in [2.75, 3.05) is 7.05 Å². The van der Waals surface area contributed by atoms with E-state index in [4.69, 9.17) is 11.1 Å². The summed E-state index contributed by atoms with van der Waals surface area (Å²) in [6, 6.07) is 7.04. The normalized spacial score (nSPS) is 12.1. The molecule has 0 aromatic heterocycles. The lowest BCUT2D eigenvalue weighted by Crippen LogP contribution is -2.32. The zero-order valence-corrected chi connectivity index (χ0v) is 11.7. The van der Waals surface area contributed by atoms with Crippen molar-refractivity contribution in [1.82, 2.24) is 4.31 Å². The Morgan fingerprint density at radius 2 is 2.06 bits per heavy atom. The minimum Gasteiger partial charge on any atom is -0.384 e. The Hall–Kier alpha value is -1.40. The Balaban J connectivity index is 2.92. The van der Waals surface area contributed by atoms with Gasteiger partial charge in [0.1, 0.15) is 5.84 Å². The molecule has 0 amide bonds. The van der Waals surface area contributed by atoms with Gasteiger partial charge in [-0.25, -0.2) is 12.7 Å². The lowest BCUT2D eigenvalue weighted by molar-refractivity contribution is 0.459. The zero-order valence-electron chi connectivity index (χ0n) is 10.8. The summed E-state index contributed by atoms with van der Waals surface area (Å²) in [6.07, 6.45) is 0. The predicted molar refractivity (Wildman–Crippen MR) is 73.0 cm³/mol. The fourth-order valence-electron chi connectivity index (χ4n) is 1.54. The Morgan fingerprint density at radius 3 is 2.56 bits per heavy atom. The number of nitrogens with one attached hydrogen (secondary N) is 1. The monoisotopic (exact) mass is 269 g/mol. The number of nitrogens with zero attached hydrogens (tertiary/aromatic N) is 1. The molecule has 6 heteroatoms. The summed E-state index contributed by atoms with van der Waals surface area (Å²) in [7, 11) is -1.71. The standard InChI is InChI=1S/C12H19N3O2S/c1-9(2)18(16,17)15(3)8-10-5-4-6-11(7-10)12(13)14/h4-7,9H,8H2,1-3H3,(H3,13,14). The molecule has 0 fully saturated rings. The van der Waals surface area contributed by atoms with Crippen LogP contribution in [0.25, 0.3) is 0 Å². The maximum atomic E-state index is 11.9. The van der Waals surface area contributed by atoms with E-state index in [1.54, 1.807) is 39.1 Å². The van der Waals surface area contributed by atoms with Crippen LogP contribution in [-0.4, -0.2) is 30.9 Å². The van der Waals surface area contributed by atoms with Gasteiger partial charge in [-0.1, -0.05) is 18.2 Å². The highest BCUT2D eigenvalue weighted by atomic mass is 32.2. The molecule has 0 spiro atoms. The number of nitrogen functional groups attached to an aromatic ring is 1. The summed E-state index contributed by atoms with van der Waals surface area (Å²) in [4.78, 5) is 0. The third-order valence-corrected chi connectivity index (χ3v) is 4.86. The molecular weight excluding hydrogens is 250 g/mol. The molecule has 0 atom stereocenters. The SMILES string of the molecule is CC(C)S(=O)(=O)N(C)Cc1cccc(C(=N)N)c1. The molecule has 0 unspecified atom stereocenters. The molecular formula is C12H19N3O2S. The van der Waals surface area contributed by atoms with E-state index in [9.17, 15) is 8.42 Å². The van der Waals surface area contributed by atoms with Gasteiger partial charge in [0.2, 0.25) is 10.0 Å². The first-order valence-corrected chi connectivity index (χ1v) is 7.14. The molecule has 0 aliphatic carbocycles. The number of hydrogen-bond acceptors (Lipinski definition) is 3. The Bertz CT molecular complexity index is 538. The van der Waals surface area contributed by atoms with E-state index in [0.29, 0.717) is 5.56 Å². The molecule has 0 saturated heterocycles. The van der Waals surface area contributed by atoms with Crippen molar-refractivity contribution in [2.45, 2.75) is 25.6 Å². The summed E-state index contributed by atoms with van der Waals surface area (Å²) in [5, 5.41) is 6.91. The second kappa shape index (κ2) is 5.49. The zero-order chi connectivity index (χ0) is 13.9. The van der Waals surface area contributed by atoms with E-state index < -0.39 is 15.3 Å². The van der Waals surface area contributed by atoms with Crippen LogP contribution >= 0.6 is 0 Å². The molecule has 0 aliphatic rings. The number of benzene rings is 1. The molecule has 100 valence electrons. The number of sulfonamides is 1. The van der Waals surface area contributed by atoms with Crippen molar-refractivity contribution in [3.8, 4) is 0 Å². The first-order valence-electron chi connectivity index (χ1n) is 5.63. The van der Waals surface area contributed by atoms with Gasteiger partial charge in [0.25, 0.3) is 0 Å². The smallest absolute Gasteiger partial charge is 0.216 e. The van der Waals surface area contributed by atoms with Gasteiger partial charge >= 0.3 is 0 Å². The largest absolute Gasteiger partial charge is 0.384 e. The van der Waals surface area contributed by atoms with Crippen LogP contribution in [0.15, 0.2) is 24.3 Å². The van der Waals surface area contributed by atoms with Crippen LogP contribution in [0.5, 0.6) is 0 Å². The predicted octanol–water partition coefficient (Wildman–Crippen LogP) is 1.14. The lowest BCUT2D eigenvalue weighted by atomic mass is 10.1. The van der Waals surface area contributed by atoms with Crippen LogP contribution in [0.3, 0.4) is 0 Å². The number of rotatable bonds is 5. The Kier molecular flexibility index (Phi) is 4.48. The van der Waals surface area contributed by atoms with Crippen molar-refractivity contribution in [2.24, 2.45) is 5.73 Å². The lowest BCUT2D eigenvalue weighted by Gasteiger charge is -2.19. The summed E-state index contributed by atoms with van der Waals surface area (Å²) in [6.45, 7) is 3.58. The van der Waals surface area contributed by atoms with E-state index >= 15 is 0 Å². The van der Waals surface area contributed by atoms with Crippen molar-refractivity contribution in [3.63, 3.8) is 0 Å². The molecule has 0 radical (unpaired) electrons. The van der Waals surface area contributed by atoms with Crippen molar-refractivity contribution < 1.29 is 8.42 Å². The number of amidine groups is 1. The van der Waals surface area contributed by atoms with Gasteiger partial charge in [-0.3, -0.25) is 5.41 Å². The summed E-state index contributed by atoms with van der Waals surface area (Å²) in [5.74, 6) is -0.0220. The maximum absolute atomic E-state index is 11.9. The molecule has 5 nitrogen and oxygen atoms in total. The molecule has 1 aromatic rings. The van der Waals surface area contributed by atoms with Crippen LogP contribution in [0.1, 0.15) is 25.0 Å². The van der Waals surface area contributed by atoms with Gasteiger partial charge in [0.15, 0.2) is 0 Å². The molecule has 18 heavy (non-hydrogen) atoms. The fraction of sp³-hybridized carbons (Fsp3) is 0.417. The van der Waals surface area contributed by atoms with E-state index in [-0.39, 0.29) is 12.4 Å². The third kappa shape index (κ3) is 3.30. The van der Waals surface area contributed by atoms with E-state index in [0.717, 1.165) is 5.56 Å². The first-order chi connectivity index (χ1) is 8.25. The highest BCUT2D eigenvalue weighted by molar-refractivity contribution is 7.89. The minimum atomic E-state index is -3.26. The number of nitrogens with two attached hydrogens (primary N) is 1. The molecule has 0 saturated carbocycles. The number of hydrogen-bond donors (Lipinski definition) is 2. The van der Waals surface area contributed by atoms with Gasteiger partial charge in [0, 0.05) is 19.2 Å². The van der Waals surface area contributed by atoms with E-state index in [2.05, 4.69) is 0 Å². The van der Waals surface area contributed by atoms with Crippen molar-refractivity contribution in [1.29, 1.82) is 5.41 Å². The molecule has 0 bridgehead atoms. The van der Waals surface area contributed by atoms with Gasteiger partial charge < -0.3 is 5.73 Å². The maximum Gasteiger partial charge on any atom is 0.216 e. The highest BCUT2D eigenvalue weighted by Gasteiger charge is 2.22. The van der Waals surface area contributed by atoms with Gasteiger partial charge in [-0.15, -0.1) is 0 Å². The van der Waals surface area contributed by atoms with Gasteiger partial charge in [-0.2, -0.15) is 0 Å². The van der Waals surface area contributed by atoms with Crippen LogP contribution in [0, 0.1) is 5.41 Å². The summed E-state index contributed by atoms with van der Waals surface area (Å²) in [5.41, 5.74) is 6.81. The summed E-state index contributed by atoms with van der Waals surface area (Å²) < 4.78 is 25.1. The van der Waals surface area contributed by atoms with Crippen molar-refractivity contribution >= 4 is 15.9 Å². The van der Waals surface area contributed by atoms with Gasteiger partial charge in [0.05, 0.1) is 5.25 Å². The van der Waals surface area contributed by atoms with Crippen LogP contribution in [0.4, 0.5) is 0 Å². The minimum absolute atomic E-state index is 0.0220. The first kappa shape index (κ1) is 14.7. The third-order valence-electron chi connectivity index (χ3n) is 2.67.